The van der Waals surface area contributed by atoms with Gasteiger partial charge in [-0.1, -0.05) is 72.9 Å². The molecule has 0 aromatic heterocycles. The second kappa shape index (κ2) is 13.5. The predicted octanol–water partition coefficient (Wildman–Crippen LogP) is 4.47. The number of fused-ring (bicyclic) bond motifs is 3. The fourth-order valence-electron chi connectivity index (χ4n) is 3.75. The molecule has 0 atom stereocenters. The Hall–Kier alpha value is -4.56. The molecule has 2 bridgehead atoms. The Morgan fingerprint density at radius 1 is 0.875 bits per heavy atom. The summed E-state index contributed by atoms with van der Waals surface area (Å²) in [7, 11) is 0. The Morgan fingerprint density at radius 3 is 2.10 bits per heavy atom. The zero-order valence-corrected chi connectivity index (χ0v) is 23.2. The standard InChI is InChI=1S/C32H33NO6.H2O/c1-6-17-23-18-13-11-9-7-8-10-12-14-20-26-28(35)29(36)33-21-16-15-19-24(33)30(37)39-32(4,5)31(2,3)27(38-26)22-25(23)34;/h6-16,18-20,22H,1,17,21H2,2-5H3;1H2. The largest absolute Gasteiger partial charge is 0.457 e. The lowest BCUT2D eigenvalue weighted by Gasteiger charge is -2.41. The molecule has 8 nitrogen and oxygen atoms in total. The molecule has 3 rings (SSSR count). The molecule has 1 amide bonds. The summed E-state index contributed by atoms with van der Waals surface area (Å²) in [6.07, 6.45) is 24.8. The van der Waals surface area contributed by atoms with Crippen LogP contribution in [0, 0.1) is 5.41 Å². The first-order valence-electron chi connectivity index (χ1n) is 12.6. The fraction of sp³-hybridized carbons (Fsp3) is 0.250. The van der Waals surface area contributed by atoms with Gasteiger partial charge in [0.25, 0.3) is 5.78 Å². The SMILES string of the molecule is C=CCC1=CC=CC=CC=CC=CC=C2OC(=CC1=O)C(C)(C)C(C)(C)OC(=O)C1=CC=CCN1C(=O)C2=O.O. The zero-order chi connectivity index (χ0) is 28.6. The minimum Gasteiger partial charge on any atom is -0.457 e. The van der Waals surface area contributed by atoms with Crippen LogP contribution in [0.25, 0.3) is 0 Å². The van der Waals surface area contributed by atoms with Crippen LogP contribution in [0.15, 0.2) is 121 Å². The third kappa shape index (κ3) is 7.09. The van der Waals surface area contributed by atoms with Gasteiger partial charge in [0.15, 0.2) is 11.5 Å². The van der Waals surface area contributed by atoms with Crippen molar-refractivity contribution in [2.75, 3.05) is 6.54 Å². The predicted molar refractivity (Wildman–Crippen MR) is 153 cm³/mol. The van der Waals surface area contributed by atoms with Crippen LogP contribution in [0.3, 0.4) is 0 Å². The van der Waals surface area contributed by atoms with Crippen LogP contribution < -0.4 is 0 Å². The number of nitrogens with zero attached hydrogens (tertiary/aromatic N) is 1. The van der Waals surface area contributed by atoms with Crippen molar-refractivity contribution in [1.29, 1.82) is 0 Å². The van der Waals surface area contributed by atoms with E-state index in [1.165, 1.54) is 18.2 Å². The van der Waals surface area contributed by atoms with Crippen LogP contribution in [0.1, 0.15) is 34.1 Å². The zero-order valence-electron chi connectivity index (χ0n) is 23.2. The maximum absolute atomic E-state index is 13.5. The van der Waals surface area contributed by atoms with Gasteiger partial charge in [-0.05, 0) is 46.3 Å². The monoisotopic (exact) mass is 545 g/mol. The van der Waals surface area contributed by atoms with E-state index in [-0.39, 0.29) is 41.4 Å². The van der Waals surface area contributed by atoms with Crippen molar-refractivity contribution in [3.05, 3.63) is 121 Å². The van der Waals surface area contributed by atoms with Gasteiger partial charge < -0.3 is 14.9 Å². The van der Waals surface area contributed by atoms with Crippen LogP contribution in [0.4, 0.5) is 0 Å². The van der Waals surface area contributed by atoms with Gasteiger partial charge in [0.05, 0.1) is 5.41 Å². The maximum Gasteiger partial charge on any atom is 0.355 e. The lowest BCUT2D eigenvalue weighted by molar-refractivity contribution is -0.165. The molecule has 0 radical (unpaired) electrons. The quantitative estimate of drug-likeness (QED) is 0.287. The van der Waals surface area contributed by atoms with Gasteiger partial charge >= 0.3 is 11.9 Å². The van der Waals surface area contributed by atoms with E-state index in [2.05, 4.69) is 6.58 Å². The third-order valence-electron chi connectivity index (χ3n) is 6.80. The van der Waals surface area contributed by atoms with Gasteiger partial charge in [0.1, 0.15) is 17.1 Å². The highest BCUT2D eigenvalue weighted by molar-refractivity contribution is 6.42. The molecule has 3 heterocycles. The van der Waals surface area contributed by atoms with E-state index in [9.17, 15) is 19.2 Å². The van der Waals surface area contributed by atoms with Crippen LogP contribution in [0.5, 0.6) is 0 Å². The fourth-order valence-corrected chi connectivity index (χ4v) is 3.75. The van der Waals surface area contributed by atoms with Gasteiger partial charge in [-0.3, -0.25) is 19.3 Å². The summed E-state index contributed by atoms with van der Waals surface area (Å²) in [5.74, 6) is -3.33. The molecule has 2 N–H and O–H groups in total. The molecule has 0 aliphatic carbocycles. The average Bonchev–Trinajstić information content (AvgIpc) is 2.90. The Balaban J connectivity index is 0.00000560. The number of hydrogen-bond donors (Lipinski definition) is 0. The van der Waals surface area contributed by atoms with Crippen molar-refractivity contribution in [3.63, 3.8) is 0 Å². The first kappa shape index (κ1) is 31.7. The molecular weight excluding hydrogens is 510 g/mol. The van der Waals surface area contributed by atoms with Crippen molar-refractivity contribution in [3.8, 4) is 0 Å². The second-order valence-electron chi connectivity index (χ2n) is 9.98. The average molecular weight is 546 g/mol. The van der Waals surface area contributed by atoms with Crippen molar-refractivity contribution >= 4 is 23.4 Å². The summed E-state index contributed by atoms with van der Waals surface area (Å²) in [4.78, 5) is 54.7. The Labute approximate surface area is 234 Å². The minimum absolute atomic E-state index is 0. The summed E-state index contributed by atoms with van der Waals surface area (Å²) in [6, 6.07) is 0. The van der Waals surface area contributed by atoms with E-state index in [0.717, 1.165) is 4.90 Å². The molecule has 3 aliphatic heterocycles. The lowest BCUT2D eigenvalue weighted by Crippen LogP contribution is -2.46. The van der Waals surface area contributed by atoms with Crippen molar-refractivity contribution in [1.82, 2.24) is 4.90 Å². The number of ketones is 2. The number of amides is 1. The Morgan fingerprint density at radius 2 is 1.48 bits per heavy atom. The number of hydrogen-bond acceptors (Lipinski definition) is 6. The summed E-state index contributed by atoms with van der Waals surface area (Å²) in [6.45, 7) is 10.6. The van der Waals surface area contributed by atoms with Crippen LogP contribution in [-0.4, -0.2) is 46.0 Å². The normalized spacial score (nSPS) is 20.9. The third-order valence-corrected chi connectivity index (χ3v) is 6.80. The van der Waals surface area contributed by atoms with Gasteiger partial charge in [0, 0.05) is 18.2 Å². The number of carbonyl (C=O) groups excluding carboxylic acids is 4. The van der Waals surface area contributed by atoms with Crippen LogP contribution in [-0.2, 0) is 28.7 Å². The Kier molecular flexibility index (Phi) is 10.7. The summed E-state index contributed by atoms with van der Waals surface area (Å²) in [5.41, 5.74) is -2.00. The van der Waals surface area contributed by atoms with Crippen LogP contribution in [0.2, 0.25) is 0 Å². The van der Waals surface area contributed by atoms with E-state index in [1.807, 2.05) is 6.08 Å². The molecule has 8 heteroatoms. The van der Waals surface area contributed by atoms with Gasteiger partial charge in [-0.15, -0.1) is 6.58 Å². The van der Waals surface area contributed by atoms with Gasteiger partial charge in [0.2, 0.25) is 0 Å². The maximum atomic E-state index is 13.5. The topological polar surface area (TPSA) is 121 Å². The molecule has 3 aliphatic rings. The van der Waals surface area contributed by atoms with E-state index in [4.69, 9.17) is 9.47 Å². The van der Waals surface area contributed by atoms with Gasteiger partial charge in [-0.2, -0.15) is 0 Å². The van der Waals surface area contributed by atoms with Crippen molar-refractivity contribution < 1.29 is 34.1 Å². The highest BCUT2D eigenvalue weighted by Gasteiger charge is 2.48. The lowest BCUT2D eigenvalue weighted by atomic mass is 9.74. The number of ether oxygens (including phenoxy) is 2. The number of allylic oxidation sites excluding steroid dienone is 15. The number of cyclic esters (lactones) is 1. The van der Waals surface area contributed by atoms with Crippen molar-refractivity contribution in [2.24, 2.45) is 5.41 Å². The first-order valence-corrected chi connectivity index (χ1v) is 12.6. The van der Waals surface area contributed by atoms with Crippen molar-refractivity contribution in [2.45, 2.75) is 39.7 Å². The Bertz CT molecular complexity index is 1340. The van der Waals surface area contributed by atoms with E-state index < -0.39 is 28.7 Å². The summed E-state index contributed by atoms with van der Waals surface area (Å²) >= 11 is 0. The molecular formula is C32H35NO7. The highest BCUT2D eigenvalue weighted by Crippen LogP contribution is 2.43. The smallest absolute Gasteiger partial charge is 0.355 e. The number of rotatable bonds is 2. The highest BCUT2D eigenvalue weighted by atomic mass is 16.6. The molecule has 1 fully saturated rings. The molecule has 1 saturated heterocycles. The summed E-state index contributed by atoms with van der Waals surface area (Å²) < 4.78 is 12.1. The molecule has 0 unspecified atom stereocenters. The minimum atomic E-state index is -1.24. The van der Waals surface area contributed by atoms with Crippen LogP contribution >= 0.6 is 0 Å². The number of Topliss-reactive ketones (excluding diaryl/α,β-unsaturated/α-hetero) is 1. The first-order chi connectivity index (χ1) is 18.5. The molecule has 0 aromatic carbocycles. The molecule has 0 saturated carbocycles. The molecule has 0 spiro atoms. The van der Waals surface area contributed by atoms with E-state index in [1.54, 1.807) is 94.5 Å². The number of esters is 1. The molecule has 0 aromatic rings. The second-order valence-corrected chi connectivity index (χ2v) is 9.98. The molecule has 210 valence electrons. The van der Waals surface area contributed by atoms with Gasteiger partial charge in [-0.25, -0.2) is 4.79 Å². The number of carbonyl (C=O) groups is 4. The summed E-state index contributed by atoms with van der Waals surface area (Å²) in [5, 5.41) is 0. The van der Waals surface area contributed by atoms with E-state index >= 15 is 0 Å². The van der Waals surface area contributed by atoms with E-state index in [0.29, 0.717) is 5.57 Å². The molecule has 40 heavy (non-hydrogen) atoms.